The van der Waals surface area contributed by atoms with Gasteiger partial charge in [0.25, 0.3) is 0 Å². The molecule has 7 heteroatoms. The lowest BCUT2D eigenvalue weighted by atomic mass is 9.80. The van der Waals surface area contributed by atoms with Crippen molar-refractivity contribution in [3.63, 3.8) is 0 Å². The number of rotatable bonds is 5. The average molecular weight is 289 g/mol. The molecule has 0 unspecified atom stereocenters. The number of halogens is 3. The van der Waals surface area contributed by atoms with Gasteiger partial charge >= 0.3 is 6.18 Å². The predicted molar refractivity (Wildman–Crippen MR) is 70.9 cm³/mol. The Kier molecular flexibility index (Phi) is 4.08. The molecule has 0 bridgehead atoms. The van der Waals surface area contributed by atoms with Gasteiger partial charge in [-0.05, 0) is 31.4 Å². The Balaban J connectivity index is 2.14. The summed E-state index contributed by atoms with van der Waals surface area (Å²) in [6.07, 6.45) is -1.49. The molecule has 0 aromatic carbocycles. The van der Waals surface area contributed by atoms with Crippen LogP contribution in [0.15, 0.2) is 12.1 Å². The molecule has 1 aromatic heterocycles. The predicted octanol–water partition coefficient (Wildman–Crippen LogP) is 3.12. The molecule has 0 aliphatic heterocycles. The van der Waals surface area contributed by atoms with Crippen LogP contribution in [-0.4, -0.2) is 31.3 Å². The van der Waals surface area contributed by atoms with Crippen molar-refractivity contribution in [2.75, 3.05) is 31.3 Å². The van der Waals surface area contributed by atoms with Crippen molar-refractivity contribution in [2.45, 2.75) is 31.0 Å². The van der Waals surface area contributed by atoms with Crippen molar-refractivity contribution in [3.8, 4) is 0 Å². The number of anilines is 2. The van der Waals surface area contributed by atoms with Crippen molar-refractivity contribution >= 4 is 11.6 Å². The Morgan fingerprint density at radius 3 is 2.40 bits per heavy atom. The van der Waals surface area contributed by atoms with E-state index in [1.807, 2.05) is 0 Å². The van der Waals surface area contributed by atoms with Gasteiger partial charge in [0, 0.05) is 20.7 Å². The van der Waals surface area contributed by atoms with E-state index in [9.17, 15) is 13.2 Å². The summed E-state index contributed by atoms with van der Waals surface area (Å²) in [6, 6.07) is 2.00. The lowest BCUT2D eigenvalue weighted by Crippen LogP contribution is -2.45. The maximum atomic E-state index is 12.8. The number of nitrogens with one attached hydrogen (secondary N) is 2. The third-order valence-electron chi connectivity index (χ3n) is 3.70. The Morgan fingerprint density at radius 2 is 1.95 bits per heavy atom. The first kappa shape index (κ1) is 14.9. The van der Waals surface area contributed by atoms with E-state index in [1.54, 1.807) is 7.11 Å². The third kappa shape index (κ3) is 3.15. The summed E-state index contributed by atoms with van der Waals surface area (Å²) in [5.41, 5.74) is -0.991. The molecular weight excluding hydrogens is 271 g/mol. The molecule has 0 radical (unpaired) electrons. The maximum Gasteiger partial charge on any atom is 0.416 e. The van der Waals surface area contributed by atoms with Gasteiger partial charge in [0.2, 0.25) is 0 Å². The third-order valence-corrected chi connectivity index (χ3v) is 3.70. The van der Waals surface area contributed by atoms with Gasteiger partial charge in [-0.3, -0.25) is 0 Å². The molecule has 0 atom stereocenters. The van der Waals surface area contributed by atoms with Crippen LogP contribution in [0.25, 0.3) is 0 Å². The van der Waals surface area contributed by atoms with Crippen LogP contribution in [0, 0.1) is 0 Å². The Labute approximate surface area is 115 Å². The SMILES string of the molecule is CNc1cc(C(F)(F)F)cc(NCC2(OC)CCC2)n1. The van der Waals surface area contributed by atoms with E-state index < -0.39 is 11.7 Å². The van der Waals surface area contributed by atoms with Crippen molar-refractivity contribution in [3.05, 3.63) is 17.7 Å². The highest BCUT2D eigenvalue weighted by Gasteiger charge is 2.37. The quantitative estimate of drug-likeness (QED) is 0.874. The molecule has 2 rings (SSSR count). The molecule has 0 saturated heterocycles. The van der Waals surface area contributed by atoms with Crippen LogP contribution in [-0.2, 0) is 10.9 Å². The van der Waals surface area contributed by atoms with Gasteiger partial charge in [-0.1, -0.05) is 0 Å². The van der Waals surface area contributed by atoms with Crippen LogP contribution in [0.3, 0.4) is 0 Å². The molecule has 1 heterocycles. The molecule has 1 fully saturated rings. The van der Waals surface area contributed by atoms with E-state index in [0.29, 0.717) is 6.54 Å². The fraction of sp³-hybridized carbons (Fsp3) is 0.615. The minimum absolute atomic E-state index is 0.183. The number of pyridine rings is 1. The Morgan fingerprint density at radius 1 is 1.30 bits per heavy atom. The van der Waals surface area contributed by atoms with Gasteiger partial charge < -0.3 is 15.4 Å². The summed E-state index contributed by atoms with van der Waals surface area (Å²) < 4.78 is 43.8. The second-order valence-electron chi connectivity index (χ2n) is 4.97. The zero-order valence-electron chi connectivity index (χ0n) is 11.5. The second kappa shape index (κ2) is 5.47. The number of ether oxygens (including phenoxy) is 1. The van der Waals surface area contributed by atoms with Gasteiger partial charge in [0.1, 0.15) is 11.6 Å². The van der Waals surface area contributed by atoms with Gasteiger partial charge in [-0.2, -0.15) is 13.2 Å². The highest BCUT2D eigenvalue weighted by atomic mass is 19.4. The number of hydrogen-bond donors (Lipinski definition) is 2. The molecule has 1 saturated carbocycles. The van der Waals surface area contributed by atoms with Crippen LogP contribution in [0.5, 0.6) is 0 Å². The normalized spacial score (nSPS) is 17.4. The minimum atomic E-state index is -4.39. The molecular formula is C13H18F3N3O. The molecule has 1 aliphatic rings. The molecule has 2 N–H and O–H groups in total. The lowest BCUT2D eigenvalue weighted by molar-refractivity contribution is -0.137. The van der Waals surface area contributed by atoms with Crippen molar-refractivity contribution < 1.29 is 17.9 Å². The molecule has 1 aliphatic carbocycles. The number of alkyl halides is 3. The van der Waals surface area contributed by atoms with Crippen molar-refractivity contribution in [1.82, 2.24) is 4.98 Å². The van der Waals surface area contributed by atoms with Crippen molar-refractivity contribution in [1.29, 1.82) is 0 Å². The zero-order valence-corrected chi connectivity index (χ0v) is 11.5. The van der Waals surface area contributed by atoms with E-state index in [-0.39, 0.29) is 17.2 Å². The molecule has 112 valence electrons. The van der Waals surface area contributed by atoms with E-state index in [2.05, 4.69) is 15.6 Å². The fourth-order valence-electron chi connectivity index (χ4n) is 2.19. The maximum absolute atomic E-state index is 12.8. The molecule has 4 nitrogen and oxygen atoms in total. The topological polar surface area (TPSA) is 46.2 Å². The number of methoxy groups -OCH3 is 1. The summed E-state index contributed by atoms with van der Waals surface area (Å²) in [6.45, 7) is 0.459. The number of aromatic nitrogens is 1. The average Bonchev–Trinajstić information content (AvgIpc) is 2.36. The second-order valence-corrected chi connectivity index (χ2v) is 4.97. The Bertz CT molecular complexity index is 467. The fourth-order valence-corrected chi connectivity index (χ4v) is 2.19. The highest BCUT2D eigenvalue weighted by molar-refractivity contribution is 5.49. The van der Waals surface area contributed by atoms with Gasteiger partial charge in [0.05, 0.1) is 11.2 Å². The first-order valence-electron chi connectivity index (χ1n) is 6.45. The van der Waals surface area contributed by atoms with Crippen molar-refractivity contribution in [2.24, 2.45) is 0 Å². The Hall–Kier alpha value is -1.50. The van der Waals surface area contributed by atoms with Crippen LogP contribution < -0.4 is 10.6 Å². The zero-order chi connectivity index (χ0) is 14.8. The van der Waals surface area contributed by atoms with Gasteiger partial charge in [-0.25, -0.2) is 4.98 Å². The molecule has 1 aromatic rings. The van der Waals surface area contributed by atoms with E-state index in [0.717, 1.165) is 31.4 Å². The van der Waals surface area contributed by atoms with E-state index in [1.165, 1.54) is 7.05 Å². The van der Waals surface area contributed by atoms with Crippen LogP contribution in [0.1, 0.15) is 24.8 Å². The molecule has 0 amide bonds. The van der Waals surface area contributed by atoms with Crippen LogP contribution in [0.2, 0.25) is 0 Å². The monoisotopic (exact) mass is 289 g/mol. The molecule has 20 heavy (non-hydrogen) atoms. The summed E-state index contributed by atoms with van der Waals surface area (Å²) >= 11 is 0. The van der Waals surface area contributed by atoms with Crippen LogP contribution >= 0.6 is 0 Å². The summed E-state index contributed by atoms with van der Waals surface area (Å²) in [4.78, 5) is 4.08. The standard InChI is InChI=1S/C13H18F3N3O/c1-17-10-6-9(13(14,15)16)7-11(19-10)18-8-12(20-2)4-3-5-12/h6-7H,3-5,8H2,1-2H3,(H2,17,18,19). The largest absolute Gasteiger partial charge is 0.416 e. The number of hydrogen-bond acceptors (Lipinski definition) is 4. The summed E-state index contributed by atoms with van der Waals surface area (Å²) in [7, 11) is 3.16. The van der Waals surface area contributed by atoms with E-state index >= 15 is 0 Å². The summed E-state index contributed by atoms with van der Waals surface area (Å²) in [5.74, 6) is 0.384. The summed E-state index contributed by atoms with van der Waals surface area (Å²) in [5, 5.41) is 5.59. The molecule has 0 spiro atoms. The van der Waals surface area contributed by atoms with E-state index in [4.69, 9.17) is 4.74 Å². The van der Waals surface area contributed by atoms with Gasteiger partial charge in [-0.15, -0.1) is 0 Å². The van der Waals surface area contributed by atoms with Gasteiger partial charge in [0.15, 0.2) is 0 Å². The lowest BCUT2D eigenvalue weighted by Gasteiger charge is -2.40. The minimum Gasteiger partial charge on any atom is -0.376 e. The smallest absolute Gasteiger partial charge is 0.376 e. The highest BCUT2D eigenvalue weighted by Crippen LogP contribution is 2.36. The number of nitrogens with zero attached hydrogens (tertiary/aromatic N) is 1. The van der Waals surface area contributed by atoms with Crippen LogP contribution in [0.4, 0.5) is 24.8 Å². The first-order chi connectivity index (χ1) is 9.38. The first-order valence-corrected chi connectivity index (χ1v) is 6.45.